The van der Waals surface area contributed by atoms with E-state index in [4.69, 9.17) is 14.7 Å². The van der Waals surface area contributed by atoms with Crippen molar-refractivity contribution in [1.29, 1.82) is 5.26 Å². The maximum absolute atomic E-state index is 12.5. The Hall–Kier alpha value is -2.72. The van der Waals surface area contributed by atoms with Crippen molar-refractivity contribution in [3.63, 3.8) is 0 Å². The summed E-state index contributed by atoms with van der Waals surface area (Å²) in [6.45, 7) is 0. The van der Waals surface area contributed by atoms with Crippen LogP contribution >= 0.6 is 0 Å². The molecule has 0 saturated heterocycles. The van der Waals surface area contributed by atoms with Gasteiger partial charge in [0.25, 0.3) is 10.0 Å². The van der Waals surface area contributed by atoms with Gasteiger partial charge in [-0.3, -0.25) is 4.72 Å². The molecule has 114 valence electrons. The molecule has 0 radical (unpaired) electrons. The van der Waals surface area contributed by atoms with Gasteiger partial charge in [-0.05, 0) is 24.3 Å². The first-order chi connectivity index (χ1) is 10.5. The fourth-order valence-electron chi connectivity index (χ4n) is 1.87. The number of para-hydroxylation sites is 1. The van der Waals surface area contributed by atoms with Crippen molar-refractivity contribution >= 4 is 15.7 Å². The Kier molecular flexibility index (Phi) is 4.53. The molecule has 7 heteroatoms. The molecule has 2 aromatic rings. The highest BCUT2D eigenvalue weighted by atomic mass is 32.2. The Balaban J connectivity index is 2.45. The Morgan fingerprint density at radius 3 is 2.45 bits per heavy atom. The van der Waals surface area contributed by atoms with Crippen LogP contribution < -0.4 is 14.2 Å². The molecule has 0 amide bonds. The molecule has 0 saturated carbocycles. The molecule has 0 aliphatic carbocycles. The SMILES string of the molecule is COc1ccc(S(=O)(=O)Nc2ccccc2C#N)c(OC)c1. The van der Waals surface area contributed by atoms with Crippen LogP contribution in [0, 0.1) is 11.3 Å². The molecule has 2 aromatic carbocycles. The number of nitrogens with one attached hydrogen (secondary N) is 1. The van der Waals surface area contributed by atoms with Crippen LogP contribution in [0.5, 0.6) is 11.5 Å². The Morgan fingerprint density at radius 2 is 1.82 bits per heavy atom. The van der Waals surface area contributed by atoms with Crippen molar-refractivity contribution in [1.82, 2.24) is 0 Å². The van der Waals surface area contributed by atoms with Gasteiger partial charge in [-0.1, -0.05) is 12.1 Å². The lowest BCUT2D eigenvalue weighted by Gasteiger charge is -2.13. The monoisotopic (exact) mass is 318 g/mol. The van der Waals surface area contributed by atoms with E-state index in [1.54, 1.807) is 12.1 Å². The van der Waals surface area contributed by atoms with Crippen molar-refractivity contribution in [2.75, 3.05) is 18.9 Å². The number of sulfonamides is 1. The summed E-state index contributed by atoms with van der Waals surface area (Å²) in [5, 5.41) is 9.03. The maximum atomic E-state index is 12.5. The van der Waals surface area contributed by atoms with Crippen LogP contribution in [-0.2, 0) is 10.0 Å². The number of rotatable bonds is 5. The molecule has 0 aromatic heterocycles. The zero-order chi connectivity index (χ0) is 16.2. The van der Waals surface area contributed by atoms with Crippen LogP contribution in [0.1, 0.15) is 5.56 Å². The van der Waals surface area contributed by atoms with Gasteiger partial charge in [-0.15, -0.1) is 0 Å². The molecule has 0 atom stereocenters. The number of nitrogens with zero attached hydrogens (tertiary/aromatic N) is 1. The zero-order valence-electron chi connectivity index (χ0n) is 12.0. The number of methoxy groups -OCH3 is 2. The average molecular weight is 318 g/mol. The summed E-state index contributed by atoms with van der Waals surface area (Å²) in [5.41, 5.74) is 0.446. The van der Waals surface area contributed by atoms with Gasteiger partial charge < -0.3 is 9.47 Å². The molecule has 6 nitrogen and oxygen atoms in total. The minimum atomic E-state index is -3.90. The van der Waals surface area contributed by atoms with Gasteiger partial charge in [0, 0.05) is 6.07 Å². The minimum absolute atomic E-state index is 0.0384. The van der Waals surface area contributed by atoms with Gasteiger partial charge in [0.1, 0.15) is 22.5 Å². The molecule has 0 aliphatic heterocycles. The predicted molar refractivity (Wildman–Crippen MR) is 81.5 cm³/mol. The maximum Gasteiger partial charge on any atom is 0.265 e. The first-order valence-electron chi connectivity index (χ1n) is 6.26. The van der Waals surface area contributed by atoms with Crippen LogP contribution in [0.3, 0.4) is 0 Å². The highest BCUT2D eigenvalue weighted by molar-refractivity contribution is 7.92. The molecule has 0 fully saturated rings. The van der Waals surface area contributed by atoms with E-state index < -0.39 is 10.0 Å². The van der Waals surface area contributed by atoms with Crippen molar-refractivity contribution < 1.29 is 17.9 Å². The van der Waals surface area contributed by atoms with Gasteiger partial charge in [-0.2, -0.15) is 5.26 Å². The van der Waals surface area contributed by atoms with Crippen LogP contribution in [0.2, 0.25) is 0 Å². The Labute approximate surface area is 129 Å². The fraction of sp³-hybridized carbons (Fsp3) is 0.133. The minimum Gasteiger partial charge on any atom is -0.497 e. The van der Waals surface area contributed by atoms with E-state index in [1.165, 1.54) is 44.6 Å². The third-order valence-corrected chi connectivity index (χ3v) is 4.36. The molecule has 0 heterocycles. The van der Waals surface area contributed by atoms with Gasteiger partial charge in [0.2, 0.25) is 0 Å². The lowest BCUT2D eigenvalue weighted by atomic mass is 10.2. The molecule has 1 N–H and O–H groups in total. The number of benzene rings is 2. The summed E-state index contributed by atoms with van der Waals surface area (Å²) in [6.07, 6.45) is 0. The Bertz CT molecular complexity index is 826. The highest BCUT2D eigenvalue weighted by Crippen LogP contribution is 2.30. The summed E-state index contributed by atoms with van der Waals surface area (Å²) >= 11 is 0. The first kappa shape index (κ1) is 15.7. The van der Waals surface area contributed by atoms with E-state index in [0.717, 1.165) is 0 Å². The summed E-state index contributed by atoms with van der Waals surface area (Å²) in [4.78, 5) is -0.0384. The number of nitriles is 1. The summed E-state index contributed by atoms with van der Waals surface area (Å²) in [6, 6.07) is 12.7. The van der Waals surface area contributed by atoms with Gasteiger partial charge >= 0.3 is 0 Å². The van der Waals surface area contributed by atoms with Crippen LogP contribution in [0.15, 0.2) is 47.4 Å². The zero-order valence-corrected chi connectivity index (χ0v) is 12.8. The average Bonchev–Trinajstić information content (AvgIpc) is 2.54. The van der Waals surface area contributed by atoms with Crippen LogP contribution in [0.25, 0.3) is 0 Å². The van der Waals surface area contributed by atoms with E-state index in [9.17, 15) is 8.42 Å². The molecule has 0 aliphatic rings. The standard InChI is InChI=1S/C15H14N2O4S/c1-20-12-7-8-15(14(9-12)21-2)22(18,19)17-13-6-4-3-5-11(13)10-16/h3-9,17H,1-2H3. The number of hydrogen-bond donors (Lipinski definition) is 1. The predicted octanol–water partition coefficient (Wildman–Crippen LogP) is 2.38. The van der Waals surface area contributed by atoms with E-state index in [2.05, 4.69) is 4.72 Å². The fourth-order valence-corrected chi connectivity index (χ4v) is 3.10. The summed E-state index contributed by atoms with van der Waals surface area (Å²) in [7, 11) is -1.05. The molecular formula is C15H14N2O4S. The lowest BCUT2D eigenvalue weighted by molar-refractivity contribution is 0.386. The molecule has 0 bridgehead atoms. The smallest absolute Gasteiger partial charge is 0.265 e. The van der Waals surface area contributed by atoms with Crippen molar-refractivity contribution in [2.24, 2.45) is 0 Å². The normalized spacial score (nSPS) is 10.6. The van der Waals surface area contributed by atoms with Crippen molar-refractivity contribution in [3.8, 4) is 17.6 Å². The number of anilines is 1. The second-order valence-corrected chi connectivity index (χ2v) is 5.93. The second kappa shape index (κ2) is 6.37. The van der Waals surface area contributed by atoms with Gasteiger partial charge in [0.05, 0.1) is 25.5 Å². The third-order valence-electron chi connectivity index (χ3n) is 2.95. The van der Waals surface area contributed by atoms with Crippen LogP contribution in [-0.4, -0.2) is 22.6 Å². The van der Waals surface area contributed by atoms with Gasteiger partial charge in [-0.25, -0.2) is 8.42 Å². The third kappa shape index (κ3) is 3.13. The van der Waals surface area contributed by atoms with Crippen molar-refractivity contribution in [2.45, 2.75) is 4.90 Å². The summed E-state index contributed by atoms with van der Waals surface area (Å²) < 4.78 is 37.6. The topological polar surface area (TPSA) is 88.4 Å². The van der Waals surface area contributed by atoms with Gasteiger partial charge in [0.15, 0.2) is 0 Å². The molecular weight excluding hydrogens is 304 g/mol. The van der Waals surface area contributed by atoms with E-state index in [0.29, 0.717) is 5.75 Å². The first-order valence-corrected chi connectivity index (χ1v) is 7.74. The molecule has 0 spiro atoms. The molecule has 2 rings (SSSR count). The highest BCUT2D eigenvalue weighted by Gasteiger charge is 2.21. The molecule has 0 unspecified atom stereocenters. The van der Waals surface area contributed by atoms with Crippen molar-refractivity contribution in [3.05, 3.63) is 48.0 Å². The Morgan fingerprint density at radius 1 is 1.09 bits per heavy atom. The largest absolute Gasteiger partial charge is 0.497 e. The van der Waals surface area contributed by atoms with E-state index in [-0.39, 0.29) is 21.9 Å². The number of ether oxygens (including phenoxy) is 2. The van der Waals surface area contributed by atoms with E-state index in [1.807, 2.05) is 6.07 Å². The number of hydrogen-bond acceptors (Lipinski definition) is 5. The van der Waals surface area contributed by atoms with Crippen LogP contribution in [0.4, 0.5) is 5.69 Å². The van der Waals surface area contributed by atoms with E-state index >= 15 is 0 Å². The molecule has 22 heavy (non-hydrogen) atoms. The quantitative estimate of drug-likeness (QED) is 0.914. The summed E-state index contributed by atoms with van der Waals surface area (Å²) in [5.74, 6) is 0.634. The lowest BCUT2D eigenvalue weighted by Crippen LogP contribution is -2.15. The second-order valence-electron chi connectivity index (χ2n) is 4.28.